The molecular weight excluding hydrogens is 356 g/mol. The molecule has 0 aromatic heterocycles. The van der Waals surface area contributed by atoms with Crippen LogP contribution < -0.4 is 4.74 Å². The molecule has 0 aliphatic heterocycles. The molecule has 0 spiro atoms. The number of rotatable bonds is 7. The first kappa shape index (κ1) is 19.3. The van der Waals surface area contributed by atoms with Crippen molar-refractivity contribution in [2.75, 3.05) is 21.0 Å². The highest BCUT2D eigenvalue weighted by atomic mass is 16.7. The Balaban J connectivity index is 2.10. The summed E-state index contributed by atoms with van der Waals surface area (Å²) in [5, 5.41) is 0. The van der Waals surface area contributed by atoms with E-state index in [1.165, 1.54) is 14.2 Å². The second kappa shape index (κ2) is 8.97. The summed E-state index contributed by atoms with van der Waals surface area (Å²) in [4.78, 5) is 25.4. The molecule has 0 saturated carbocycles. The number of benzene rings is 3. The van der Waals surface area contributed by atoms with Crippen molar-refractivity contribution < 1.29 is 23.8 Å². The average Bonchev–Trinajstić information content (AvgIpc) is 2.77. The van der Waals surface area contributed by atoms with Gasteiger partial charge in [0.2, 0.25) is 0 Å². The van der Waals surface area contributed by atoms with Crippen LogP contribution in [0.15, 0.2) is 72.8 Å². The first-order chi connectivity index (χ1) is 13.7. The summed E-state index contributed by atoms with van der Waals surface area (Å²) in [5.41, 5.74) is 2.63. The highest BCUT2D eigenvalue weighted by Crippen LogP contribution is 2.29. The Hall–Kier alpha value is -3.44. The molecule has 0 aliphatic rings. The SMILES string of the molecule is COCOc1ccc(-c2ccccc2)cc1C(=O)c1ccccc1C(=O)OC. The van der Waals surface area contributed by atoms with Gasteiger partial charge in [0.15, 0.2) is 12.6 Å². The van der Waals surface area contributed by atoms with Crippen LogP contribution in [0.3, 0.4) is 0 Å². The van der Waals surface area contributed by atoms with E-state index in [1.54, 1.807) is 36.4 Å². The lowest BCUT2D eigenvalue weighted by atomic mass is 9.94. The monoisotopic (exact) mass is 376 g/mol. The molecule has 0 heterocycles. The average molecular weight is 376 g/mol. The highest BCUT2D eigenvalue weighted by Gasteiger charge is 2.22. The van der Waals surface area contributed by atoms with Crippen molar-refractivity contribution in [1.82, 2.24) is 0 Å². The molecule has 0 N–H and O–H groups in total. The van der Waals surface area contributed by atoms with Crippen molar-refractivity contribution in [2.24, 2.45) is 0 Å². The predicted octanol–water partition coefficient (Wildman–Crippen LogP) is 4.35. The molecule has 0 amide bonds. The van der Waals surface area contributed by atoms with Crippen LogP contribution in [0.2, 0.25) is 0 Å². The van der Waals surface area contributed by atoms with Crippen LogP contribution in [0.4, 0.5) is 0 Å². The Morgan fingerprint density at radius 2 is 1.43 bits per heavy atom. The van der Waals surface area contributed by atoms with Gasteiger partial charge in [-0.15, -0.1) is 0 Å². The number of ketones is 1. The number of methoxy groups -OCH3 is 2. The maximum Gasteiger partial charge on any atom is 0.338 e. The van der Waals surface area contributed by atoms with Gasteiger partial charge in [0.25, 0.3) is 0 Å². The Morgan fingerprint density at radius 1 is 0.750 bits per heavy atom. The van der Waals surface area contributed by atoms with Gasteiger partial charge in [-0.1, -0.05) is 54.6 Å². The number of carbonyl (C=O) groups excluding carboxylic acids is 2. The Morgan fingerprint density at radius 3 is 2.11 bits per heavy atom. The molecule has 0 atom stereocenters. The van der Waals surface area contributed by atoms with E-state index in [2.05, 4.69) is 0 Å². The van der Waals surface area contributed by atoms with Gasteiger partial charge in [0, 0.05) is 12.7 Å². The van der Waals surface area contributed by atoms with Crippen molar-refractivity contribution >= 4 is 11.8 Å². The van der Waals surface area contributed by atoms with Crippen molar-refractivity contribution in [3.8, 4) is 16.9 Å². The van der Waals surface area contributed by atoms with Crippen LogP contribution in [-0.2, 0) is 9.47 Å². The number of hydrogen-bond acceptors (Lipinski definition) is 5. The third kappa shape index (κ3) is 4.10. The summed E-state index contributed by atoms with van der Waals surface area (Å²) in [6.45, 7) is 0.00358. The molecule has 0 aliphatic carbocycles. The fraction of sp³-hybridized carbons (Fsp3) is 0.130. The van der Waals surface area contributed by atoms with E-state index in [4.69, 9.17) is 14.2 Å². The molecule has 142 valence electrons. The molecule has 5 nitrogen and oxygen atoms in total. The lowest BCUT2D eigenvalue weighted by Gasteiger charge is -2.14. The van der Waals surface area contributed by atoms with Gasteiger partial charge in [-0.25, -0.2) is 4.79 Å². The third-order valence-electron chi connectivity index (χ3n) is 4.24. The zero-order chi connectivity index (χ0) is 19.9. The summed E-state index contributed by atoms with van der Waals surface area (Å²) in [7, 11) is 2.79. The van der Waals surface area contributed by atoms with Crippen molar-refractivity contribution in [2.45, 2.75) is 0 Å². The number of ether oxygens (including phenoxy) is 3. The van der Waals surface area contributed by atoms with Gasteiger partial charge in [-0.2, -0.15) is 0 Å². The quantitative estimate of drug-likeness (QED) is 0.348. The summed E-state index contributed by atoms with van der Waals surface area (Å²) in [6, 6.07) is 21.6. The molecule has 28 heavy (non-hydrogen) atoms. The lowest BCUT2D eigenvalue weighted by Crippen LogP contribution is -2.13. The van der Waals surface area contributed by atoms with Crippen LogP contribution in [-0.4, -0.2) is 32.8 Å². The van der Waals surface area contributed by atoms with Crippen LogP contribution in [0.25, 0.3) is 11.1 Å². The van der Waals surface area contributed by atoms with Gasteiger partial charge in [0.1, 0.15) is 5.75 Å². The van der Waals surface area contributed by atoms with Crippen LogP contribution in [0.5, 0.6) is 5.75 Å². The summed E-state index contributed by atoms with van der Waals surface area (Å²) >= 11 is 0. The molecular formula is C23H20O5. The van der Waals surface area contributed by atoms with E-state index < -0.39 is 5.97 Å². The molecule has 5 heteroatoms. The second-order valence-electron chi connectivity index (χ2n) is 5.99. The topological polar surface area (TPSA) is 61.8 Å². The predicted molar refractivity (Wildman–Crippen MR) is 106 cm³/mol. The van der Waals surface area contributed by atoms with E-state index >= 15 is 0 Å². The maximum atomic E-state index is 13.3. The van der Waals surface area contributed by atoms with E-state index in [0.717, 1.165) is 11.1 Å². The molecule has 3 aromatic rings. The zero-order valence-corrected chi connectivity index (χ0v) is 15.7. The zero-order valence-electron chi connectivity index (χ0n) is 15.7. The van der Waals surface area contributed by atoms with Crippen molar-refractivity contribution in [1.29, 1.82) is 0 Å². The number of hydrogen-bond donors (Lipinski definition) is 0. The molecule has 3 rings (SSSR count). The van der Waals surface area contributed by atoms with Gasteiger partial charge in [-0.3, -0.25) is 4.79 Å². The van der Waals surface area contributed by atoms with Gasteiger partial charge in [-0.05, 0) is 29.3 Å². The van der Waals surface area contributed by atoms with Crippen molar-refractivity contribution in [3.63, 3.8) is 0 Å². The molecule has 0 saturated heterocycles. The Bertz CT molecular complexity index is 979. The summed E-state index contributed by atoms with van der Waals surface area (Å²) in [5.74, 6) is -0.515. The Kier molecular flexibility index (Phi) is 6.19. The normalized spacial score (nSPS) is 10.4. The second-order valence-corrected chi connectivity index (χ2v) is 5.99. The fourth-order valence-electron chi connectivity index (χ4n) is 2.88. The standard InChI is InChI=1S/C23H20O5/c1-26-15-28-21-13-12-17(16-8-4-3-5-9-16)14-20(21)22(24)18-10-6-7-11-19(18)23(25)27-2/h3-14H,15H2,1-2H3. The molecule has 0 unspecified atom stereocenters. The smallest absolute Gasteiger partial charge is 0.338 e. The molecule has 0 radical (unpaired) electrons. The minimum absolute atomic E-state index is 0.00358. The molecule has 0 fully saturated rings. The number of esters is 1. The lowest BCUT2D eigenvalue weighted by molar-refractivity contribution is 0.0502. The van der Waals surface area contributed by atoms with Crippen LogP contribution >= 0.6 is 0 Å². The van der Waals surface area contributed by atoms with Gasteiger partial charge in [0.05, 0.1) is 18.2 Å². The first-order valence-corrected chi connectivity index (χ1v) is 8.69. The van der Waals surface area contributed by atoms with Crippen molar-refractivity contribution in [3.05, 3.63) is 89.5 Å². The van der Waals surface area contributed by atoms with E-state index in [1.807, 2.05) is 36.4 Å². The Labute approximate surface area is 163 Å². The number of carbonyl (C=O) groups is 2. The third-order valence-corrected chi connectivity index (χ3v) is 4.24. The van der Waals surface area contributed by atoms with E-state index in [9.17, 15) is 9.59 Å². The highest BCUT2D eigenvalue weighted by molar-refractivity contribution is 6.16. The molecule has 0 bridgehead atoms. The van der Waals surface area contributed by atoms with E-state index in [0.29, 0.717) is 11.3 Å². The first-order valence-electron chi connectivity index (χ1n) is 8.69. The van der Waals surface area contributed by atoms with Crippen LogP contribution in [0.1, 0.15) is 26.3 Å². The van der Waals surface area contributed by atoms with Gasteiger partial charge < -0.3 is 14.2 Å². The van der Waals surface area contributed by atoms with Gasteiger partial charge >= 0.3 is 5.97 Å². The minimum atomic E-state index is -0.567. The minimum Gasteiger partial charge on any atom is -0.467 e. The summed E-state index contributed by atoms with van der Waals surface area (Å²) in [6.07, 6.45) is 0. The van der Waals surface area contributed by atoms with Crippen LogP contribution in [0, 0.1) is 0 Å². The molecule has 3 aromatic carbocycles. The largest absolute Gasteiger partial charge is 0.467 e. The van der Waals surface area contributed by atoms with E-state index in [-0.39, 0.29) is 23.7 Å². The maximum absolute atomic E-state index is 13.3. The summed E-state index contributed by atoms with van der Waals surface area (Å²) < 4.78 is 15.4. The fourth-order valence-corrected chi connectivity index (χ4v) is 2.88.